The molecule has 0 unspecified atom stereocenters. The molecule has 54 heavy (non-hydrogen) atoms. The van der Waals surface area contributed by atoms with Crippen molar-refractivity contribution < 1.29 is 4.74 Å². The summed E-state index contributed by atoms with van der Waals surface area (Å²) in [5.74, 6) is 3.74. The van der Waals surface area contributed by atoms with E-state index in [0.29, 0.717) is 17.8 Å². The van der Waals surface area contributed by atoms with Gasteiger partial charge in [-0.1, -0.05) is 111 Å². The van der Waals surface area contributed by atoms with Gasteiger partial charge in [-0.2, -0.15) is 0 Å². The summed E-state index contributed by atoms with van der Waals surface area (Å²) in [6.07, 6.45) is 1.92. The molecule has 0 amide bonds. The van der Waals surface area contributed by atoms with Crippen molar-refractivity contribution in [1.82, 2.24) is 9.55 Å². The number of para-hydroxylation sites is 3. The summed E-state index contributed by atoms with van der Waals surface area (Å²) >= 11 is 0. The Morgan fingerprint density at radius 2 is 1.24 bits per heavy atom. The van der Waals surface area contributed by atoms with Crippen molar-refractivity contribution >= 4 is 44.6 Å². The zero-order valence-electron chi connectivity index (χ0n) is 33.2. The first-order chi connectivity index (χ1) is 25.9. The lowest BCUT2D eigenvalue weighted by atomic mass is 9.87. The second-order valence-electron chi connectivity index (χ2n) is 16.8. The summed E-state index contributed by atoms with van der Waals surface area (Å²) in [5.41, 5.74) is 12.5. The van der Waals surface area contributed by atoms with Crippen LogP contribution in [0.1, 0.15) is 102 Å². The Morgan fingerprint density at radius 3 is 1.93 bits per heavy atom. The maximum atomic E-state index is 6.71. The van der Waals surface area contributed by atoms with Gasteiger partial charge in [0.05, 0.1) is 22.4 Å². The minimum absolute atomic E-state index is 0.00838. The quantitative estimate of drug-likeness (QED) is 0.157. The van der Waals surface area contributed by atoms with Crippen LogP contribution in [0.5, 0.6) is 11.5 Å². The van der Waals surface area contributed by atoms with E-state index in [0.717, 1.165) is 40.7 Å². The molecule has 0 fully saturated rings. The van der Waals surface area contributed by atoms with Crippen LogP contribution in [-0.2, 0) is 5.41 Å². The normalized spacial score (nSPS) is 13.3. The van der Waals surface area contributed by atoms with Crippen molar-refractivity contribution in [2.75, 3.05) is 16.5 Å². The third-order valence-corrected chi connectivity index (χ3v) is 11.0. The van der Waals surface area contributed by atoms with Gasteiger partial charge in [-0.25, -0.2) is 4.98 Å². The highest BCUT2D eigenvalue weighted by Crippen LogP contribution is 2.49. The van der Waals surface area contributed by atoms with E-state index in [1.54, 1.807) is 0 Å². The van der Waals surface area contributed by atoms with E-state index >= 15 is 0 Å². The average molecular weight is 713 g/mol. The Balaban J connectivity index is 1.17. The molecule has 5 nitrogen and oxygen atoms in total. The van der Waals surface area contributed by atoms with Crippen LogP contribution in [0.3, 0.4) is 0 Å². The average Bonchev–Trinajstić information content (AvgIpc) is 3.70. The van der Waals surface area contributed by atoms with Crippen LogP contribution >= 0.6 is 0 Å². The van der Waals surface area contributed by atoms with Crippen LogP contribution in [0.4, 0.5) is 22.7 Å². The number of fused-ring (bicyclic) bond motifs is 4. The molecule has 0 radical (unpaired) electrons. The molecule has 0 bridgehead atoms. The lowest BCUT2D eigenvalue weighted by Gasteiger charge is -2.30. The van der Waals surface area contributed by atoms with Crippen LogP contribution in [-0.4, -0.2) is 16.2 Å². The number of hydrogen-bond donors (Lipinski definition) is 0. The van der Waals surface area contributed by atoms with Crippen LogP contribution in [0.15, 0.2) is 121 Å². The fourth-order valence-electron chi connectivity index (χ4n) is 7.97. The zero-order valence-corrected chi connectivity index (χ0v) is 33.2. The molecule has 1 aliphatic heterocycles. The highest BCUT2D eigenvalue weighted by molar-refractivity contribution is 6.09. The molecule has 0 atom stereocenters. The maximum absolute atomic E-state index is 6.71. The number of ether oxygens (including phenoxy) is 1. The Hall–Kier alpha value is -5.55. The topological polar surface area (TPSA) is 33.5 Å². The van der Waals surface area contributed by atoms with Gasteiger partial charge in [0.2, 0.25) is 0 Å². The van der Waals surface area contributed by atoms with Crippen molar-refractivity contribution in [2.24, 2.45) is 0 Å². The smallest absolute Gasteiger partial charge is 0.137 e. The highest BCUT2D eigenvalue weighted by Gasteiger charge is 2.32. The molecular weight excluding hydrogens is 661 g/mol. The number of benzene rings is 5. The van der Waals surface area contributed by atoms with E-state index in [-0.39, 0.29) is 5.41 Å². The fourth-order valence-corrected chi connectivity index (χ4v) is 7.97. The largest absolute Gasteiger partial charge is 0.457 e. The van der Waals surface area contributed by atoms with Crippen molar-refractivity contribution in [2.45, 2.75) is 85.5 Å². The van der Waals surface area contributed by atoms with E-state index in [2.05, 4.69) is 192 Å². The maximum Gasteiger partial charge on any atom is 0.137 e. The van der Waals surface area contributed by atoms with Crippen LogP contribution in [0.25, 0.3) is 27.6 Å². The first-order valence-corrected chi connectivity index (χ1v) is 19.5. The summed E-state index contributed by atoms with van der Waals surface area (Å²) in [6, 6.07) is 41.5. The lowest BCUT2D eigenvalue weighted by molar-refractivity contribution is 0.483. The predicted molar refractivity (Wildman–Crippen MR) is 228 cm³/mol. The molecule has 5 aromatic carbocycles. The molecule has 2 aromatic heterocycles. The molecule has 0 N–H and O–H groups in total. The lowest BCUT2D eigenvalue weighted by Crippen LogP contribution is -2.26. The summed E-state index contributed by atoms with van der Waals surface area (Å²) in [7, 11) is 0. The Labute approximate surface area is 320 Å². The van der Waals surface area contributed by atoms with E-state index in [1.165, 1.54) is 50.1 Å². The zero-order chi connectivity index (χ0) is 37.9. The van der Waals surface area contributed by atoms with E-state index in [4.69, 9.17) is 9.72 Å². The molecule has 7 aromatic rings. The second kappa shape index (κ2) is 13.7. The van der Waals surface area contributed by atoms with Gasteiger partial charge in [0.1, 0.15) is 24.0 Å². The minimum Gasteiger partial charge on any atom is -0.457 e. The van der Waals surface area contributed by atoms with Gasteiger partial charge in [-0.05, 0) is 100 Å². The highest BCUT2D eigenvalue weighted by atomic mass is 16.5. The van der Waals surface area contributed by atoms with Gasteiger partial charge in [0.15, 0.2) is 0 Å². The molecule has 5 heteroatoms. The molecule has 0 saturated heterocycles. The number of hydrogen-bond acceptors (Lipinski definition) is 4. The van der Waals surface area contributed by atoms with Gasteiger partial charge in [0, 0.05) is 40.5 Å². The van der Waals surface area contributed by atoms with Crippen LogP contribution in [0.2, 0.25) is 0 Å². The Morgan fingerprint density at radius 1 is 0.593 bits per heavy atom. The molecule has 0 spiro atoms. The second-order valence-corrected chi connectivity index (χ2v) is 16.8. The molecular formula is C49H52N4O. The van der Waals surface area contributed by atoms with Gasteiger partial charge in [-0.3, -0.25) is 4.57 Å². The number of aromatic nitrogens is 2. The molecule has 274 valence electrons. The molecule has 0 saturated carbocycles. The van der Waals surface area contributed by atoms with Gasteiger partial charge in [0.25, 0.3) is 0 Å². The van der Waals surface area contributed by atoms with Crippen molar-refractivity contribution in [1.29, 1.82) is 0 Å². The predicted octanol–water partition coefficient (Wildman–Crippen LogP) is 13.9. The third kappa shape index (κ3) is 6.30. The molecule has 0 aliphatic carbocycles. The number of anilines is 4. The molecule has 3 heterocycles. The minimum atomic E-state index is 0.00838. The number of pyridine rings is 1. The molecule has 1 aliphatic rings. The van der Waals surface area contributed by atoms with Crippen LogP contribution < -0.4 is 14.5 Å². The Kier molecular flexibility index (Phi) is 9.00. The van der Waals surface area contributed by atoms with Crippen molar-refractivity contribution in [3.05, 3.63) is 144 Å². The standard InChI is InChI=1S/C49H52N4O/c1-31(2)34-25-41(32(3)4)48(42(26-34)33(5)6)52-30-51(44-19-12-13-20-45(44)52)36-15-14-16-37(28-36)54-38-21-22-40-39-17-10-11-18-43(39)53(46(40)29-38)47-27-35(23-24-50-47)49(7,8)9/h10-29,31-33H,30H2,1-9H3. The first kappa shape index (κ1) is 35.5. The molecule has 8 rings (SSSR count). The van der Waals surface area contributed by atoms with E-state index in [9.17, 15) is 0 Å². The number of nitrogens with zero attached hydrogens (tertiary/aromatic N) is 4. The first-order valence-electron chi connectivity index (χ1n) is 19.5. The monoisotopic (exact) mass is 712 g/mol. The van der Waals surface area contributed by atoms with Gasteiger partial charge in [-0.15, -0.1) is 0 Å². The van der Waals surface area contributed by atoms with Crippen LogP contribution in [0, 0.1) is 0 Å². The fraction of sp³-hybridized carbons (Fsp3) is 0.286. The summed E-state index contributed by atoms with van der Waals surface area (Å²) in [5, 5.41) is 2.37. The SMILES string of the molecule is CC(C)c1cc(C(C)C)c(N2CN(c3cccc(Oc4ccc5c6ccccc6n(-c6cc(C(C)(C)C)ccn6)c5c4)c3)c3ccccc32)c(C(C)C)c1. The number of rotatable bonds is 8. The van der Waals surface area contributed by atoms with Crippen molar-refractivity contribution in [3.63, 3.8) is 0 Å². The van der Waals surface area contributed by atoms with Gasteiger partial charge >= 0.3 is 0 Å². The Bertz CT molecular complexity index is 2470. The summed E-state index contributed by atoms with van der Waals surface area (Å²) in [6.45, 7) is 21.3. The summed E-state index contributed by atoms with van der Waals surface area (Å²) < 4.78 is 8.98. The van der Waals surface area contributed by atoms with Gasteiger partial charge < -0.3 is 14.5 Å². The third-order valence-electron chi connectivity index (χ3n) is 11.0. The van der Waals surface area contributed by atoms with E-state index < -0.39 is 0 Å². The summed E-state index contributed by atoms with van der Waals surface area (Å²) in [4.78, 5) is 9.82. The van der Waals surface area contributed by atoms with E-state index in [1.807, 2.05) is 6.20 Å². The van der Waals surface area contributed by atoms with Crippen molar-refractivity contribution in [3.8, 4) is 17.3 Å².